The van der Waals surface area contributed by atoms with E-state index < -0.39 is 0 Å². The fraction of sp³-hybridized carbons (Fsp3) is 0.190. The molecule has 0 fully saturated rings. The zero-order valence-corrected chi connectivity index (χ0v) is 14.1. The van der Waals surface area contributed by atoms with Crippen LogP contribution in [0.15, 0.2) is 65.9 Å². The molecular weight excluding hydrogens is 310 g/mol. The van der Waals surface area contributed by atoms with E-state index >= 15 is 0 Å². The van der Waals surface area contributed by atoms with Crippen LogP contribution >= 0.6 is 0 Å². The van der Waals surface area contributed by atoms with E-state index in [1.165, 1.54) is 5.56 Å². The summed E-state index contributed by atoms with van der Waals surface area (Å²) in [6, 6.07) is 16.3. The molecule has 0 atom stereocenters. The van der Waals surface area contributed by atoms with Crippen molar-refractivity contribution in [2.24, 2.45) is 4.99 Å². The van der Waals surface area contributed by atoms with Crippen molar-refractivity contribution in [1.82, 2.24) is 9.88 Å². The minimum Gasteiger partial charge on any atom is -0.297 e. The predicted molar refractivity (Wildman–Crippen MR) is 100 cm³/mol. The minimum absolute atomic E-state index is 0.0229. The molecule has 0 saturated carbocycles. The van der Waals surface area contributed by atoms with Gasteiger partial charge in [-0.15, -0.1) is 0 Å². The third kappa shape index (κ3) is 2.91. The van der Waals surface area contributed by atoms with Gasteiger partial charge in [0.25, 0.3) is 0 Å². The molecule has 1 aliphatic heterocycles. The van der Waals surface area contributed by atoms with Crippen molar-refractivity contribution in [2.45, 2.75) is 19.8 Å². The third-order valence-corrected chi connectivity index (χ3v) is 4.56. The molecule has 0 unspecified atom stereocenters. The number of aromatic nitrogens is 1. The number of carbonyl (C=O) groups excluding carboxylic acids is 1. The number of nitrogens with zero attached hydrogens (tertiary/aromatic N) is 3. The molecule has 1 amide bonds. The molecule has 4 heteroatoms. The third-order valence-electron chi connectivity index (χ3n) is 4.56. The van der Waals surface area contributed by atoms with E-state index in [1.807, 2.05) is 30.5 Å². The maximum absolute atomic E-state index is 12.3. The Morgan fingerprint density at radius 1 is 1.08 bits per heavy atom. The first-order chi connectivity index (χ1) is 12.2. The van der Waals surface area contributed by atoms with Crippen LogP contribution in [0, 0.1) is 0 Å². The van der Waals surface area contributed by atoms with Gasteiger partial charge in [0.15, 0.2) is 0 Å². The number of carbonyl (C=O) groups is 1. The smallest absolute Gasteiger partial charge is 0.225 e. The Morgan fingerprint density at radius 3 is 2.68 bits per heavy atom. The van der Waals surface area contributed by atoms with Gasteiger partial charge >= 0.3 is 0 Å². The molecule has 0 saturated heterocycles. The summed E-state index contributed by atoms with van der Waals surface area (Å²) in [5.41, 5.74) is 3.18. The molecule has 0 aliphatic carbocycles. The first kappa shape index (κ1) is 15.5. The number of hydrogen-bond donors (Lipinski definition) is 0. The molecule has 0 spiro atoms. The predicted octanol–water partition coefficient (Wildman–Crippen LogP) is 4.11. The van der Waals surface area contributed by atoms with Crippen LogP contribution in [0.4, 0.5) is 5.69 Å². The van der Waals surface area contributed by atoms with Crippen LogP contribution in [0.2, 0.25) is 0 Å². The highest BCUT2D eigenvalue weighted by Gasteiger charge is 2.25. The highest BCUT2D eigenvalue weighted by molar-refractivity contribution is 6.21. The standard InChI is InChI=1S/C21H19N3O/c1-15(25)24(13-5-7-16-6-4-12-22-14-16)21-18-10-2-8-17-9-3-11-19(23-21)20(17)18/h2-4,6,8-12,14H,5,7,13H2,1H3. The minimum atomic E-state index is 0.0229. The number of pyridine rings is 1. The van der Waals surface area contributed by atoms with Gasteiger partial charge in [-0.1, -0.05) is 36.4 Å². The summed E-state index contributed by atoms with van der Waals surface area (Å²) >= 11 is 0. The van der Waals surface area contributed by atoms with E-state index in [1.54, 1.807) is 18.0 Å². The second-order valence-electron chi connectivity index (χ2n) is 6.25. The van der Waals surface area contributed by atoms with E-state index in [4.69, 9.17) is 4.99 Å². The summed E-state index contributed by atoms with van der Waals surface area (Å²) in [6.45, 7) is 2.25. The largest absolute Gasteiger partial charge is 0.297 e. The lowest BCUT2D eigenvalue weighted by Gasteiger charge is -2.21. The Hall–Kier alpha value is -3.01. The summed E-state index contributed by atoms with van der Waals surface area (Å²) in [6.07, 6.45) is 5.41. The fourth-order valence-electron chi connectivity index (χ4n) is 3.38. The summed E-state index contributed by atoms with van der Waals surface area (Å²) in [4.78, 5) is 23.0. The normalized spacial score (nSPS) is 12.3. The van der Waals surface area contributed by atoms with Gasteiger partial charge in [0.05, 0.1) is 5.69 Å². The Kier molecular flexibility index (Phi) is 4.02. The molecule has 124 valence electrons. The monoisotopic (exact) mass is 329 g/mol. The first-order valence-corrected chi connectivity index (χ1v) is 8.52. The summed E-state index contributed by atoms with van der Waals surface area (Å²) in [7, 11) is 0. The molecule has 0 radical (unpaired) electrons. The van der Waals surface area contributed by atoms with Crippen LogP contribution in [0.25, 0.3) is 10.8 Å². The van der Waals surface area contributed by atoms with Gasteiger partial charge in [-0.3, -0.25) is 14.7 Å². The van der Waals surface area contributed by atoms with Crippen molar-refractivity contribution >= 4 is 28.2 Å². The van der Waals surface area contributed by atoms with Gasteiger partial charge in [-0.25, -0.2) is 4.99 Å². The Labute approximate surface area is 146 Å². The number of hydrogen-bond acceptors (Lipinski definition) is 3. The molecule has 2 aromatic carbocycles. The van der Waals surface area contributed by atoms with E-state index in [0.717, 1.165) is 40.7 Å². The molecule has 2 heterocycles. The van der Waals surface area contributed by atoms with Crippen molar-refractivity contribution in [3.8, 4) is 0 Å². The van der Waals surface area contributed by atoms with E-state index in [2.05, 4.69) is 29.2 Å². The lowest BCUT2D eigenvalue weighted by atomic mass is 10.0. The highest BCUT2D eigenvalue weighted by Crippen LogP contribution is 2.36. The lowest BCUT2D eigenvalue weighted by molar-refractivity contribution is -0.125. The molecule has 0 N–H and O–H groups in total. The molecule has 3 aromatic rings. The average molecular weight is 329 g/mol. The van der Waals surface area contributed by atoms with E-state index in [-0.39, 0.29) is 5.91 Å². The zero-order valence-electron chi connectivity index (χ0n) is 14.1. The van der Waals surface area contributed by atoms with Crippen LogP contribution < -0.4 is 0 Å². The van der Waals surface area contributed by atoms with Gasteiger partial charge in [0.1, 0.15) is 5.84 Å². The quantitative estimate of drug-likeness (QED) is 0.723. The van der Waals surface area contributed by atoms with Crippen LogP contribution in [-0.2, 0) is 11.2 Å². The molecule has 4 rings (SSSR count). The second kappa shape index (κ2) is 6.48. The maximum atomic E-state index is 12.3. The van der Waals surface area contributed by atoms with Gasteiger partial charge in [0, 0.05) is 36.8 Å². The number of aliphatic imine (C=N–C) groups is 1. The summed E-state index contributed by atoms with van der Waals surface area (Å²) in [5.74, 6) is 0.792. The van der Waals surface area contributed by atoms with Crippen molar-refractivity contribution < 1.29 is 4.79 Å². The Morgan fingerprint density at radius 2 is 1.92 bits per heavy atom. The second-order valence-corrected chi connectivity index (χ2v) is 6.25. The maximum Gasteiger partial charge on any atom is 0.225 e. The summed E-state index contributed by atoms with van der Waals surface area (Å²) < 4.78 is 0. The fourth-order valence-corrected chi connectivity index (χ4v) is 3.38. The van der Waals surface area contributed by atoms with Gasteiger partial charge < -0.3 is 0 Å². The van der Waals surface area contributed by atoms with Crippen molar-refractivity contribution in [3.05, 3.63) is 72.1 Å². The number of amides is 1. The molecule has 0 bridgehead atoms. The molecule has 4 nitrogen and oxygen atoms in total. The van der Waals surface area contributed by atoms with Gasteiger partial charge in [0.2, 0.25) is 5.91 Å². The summed E-state index contributed by atoms with van der Waals surface area (Å²) in [5, 5.41) is 2.30. The number of amidine groups is 1. The van der Waals surface area contributed by atoms with Crippen LogP contribution in [0.1, 0.15) is 24.5 Å². The van der Waals surface area contributed by atoms with Crippen molar-refractivity contribution in [2.75, 3.05) is 6.54 Å². The molecular formula is C21H19N3O. The highest BCUT2D eigenvalue weighted by atomic mass is 16.2. The van der Waals surface area contributed by atoms with Crippen LogP contribution in [-0.4, -0.2) is 28.2 Å². The topological polar surface area (TPSA) is 45.6 Å². The molecule has 1 aromatic heterocycles. The van der Waals surface area contributed by atoms with Crippen molar-refractivity contribution in [1.29, 1.82) is 0 Å². The number of rotatable bonds is 4. The Bertz CT molecular complexity index is 958. The van der Waals surface area contributed by atoms with Crippen LogP contribution in [0.3, 0.4) is 0 Å². The van der Waals surface area contributed by atoms with E-state index in [0.29, 0.717) is 6.54 Å². The number of benzene rings is 2. The van der Waals surface area contributed by atoms with Crippen molar-refractivity contribution in [3.63, 3.8) is 0 Å². The van der Waals surface area contributed by atoms with E-state index in [9.17, 15) is 4.79 Å². The van der Waals surface area contributed by atoms with Gasteiger partial charge in [-0.05, 0) is 35.9 Å². The zero-order chi connectivity index (χ0) is 17.2. The number of aryl methyl sites for hydroxylation is 1. The van der Waals surface area contributed by atoms with Crippen LogP contribution in [0.5, 0.6) is 0 Å². The SMILES string of the molecule is CC(=O)N(CCCc1cccnc1)C1=Nc2cccc3cccc1c23. The first-order valence-electron chi connectivity index (χ1n) is 8.52. The Balaban J connectivity index is 1.58. The van der Waals surface area contributed by atoms with Gasteiger partial charge in [-0.2, -0.15) is 0 Å². The average Bonchev–Trinajstić information content (AvgIpc) is 3.00. The molecule has 1 aliphatic rings. The molecule has 25 heavy (non-hydrogen) atoms. The lowest BCUT2D eigenvalue weighted by Crippen LogP contribution is -2.36.